The second-order valence-corrected chi connectivity index (χ2v) is 1.71. The van der Waals surface area contributed by atoms with Crippen LogP contribution in [0.3, 0.4) is 0 Å². The highest BCUT2D eigenvalue weighted by Gasteiger charge is 1.92. The molecule has 2 aromatic rings. The van der Waals surface area contributed by atoms with Gasteiger partial charge >= 0.3 is 0 Å². The third-order valence-electron chi connectivity index (χ3n) is 1.14. The smallest absolute Gasteiger partial charge is 0.245 e. The summed E-state index contributed by atoms with van der Waals surface area (Å²) in [7, 11) is 0. The van der Waals surface area contributed by atoms with E-state index in [1.54, 1.807) is 12.5 Å². The summed E-state index contributed by atoms with van der Waals surface area (Å²) in [4.78, 5) is 0. The normalized spacial score (nSPS) is 10.2. The lowest BCUT2D eigenvalue weighted by atomic mass is 10.4. The lowest BCUT2D eigenvalue weighted by Crippen LogP contribution is -1.75. The van der Waals surface area contributed by atoms with Gasteiger partial charge in [-0.25, -0.2) is 0 Å². The quantitative estimate of drug-likeness (QED) is 0.524. The summed E-state index contributed by atoms with van der Waals surface area (Å²) in [5.41, 5.74) is 0.595. The molecule has 0 bridgehead atoms. The number of rotatable bonds is 0. The number of fused-ring (bicyclic) bond motifs is 1. The van der Waals surface area contributed by atoms with Crippen LogP contribution in [0.15, 0.2) is 29.0 Å². The molecule has 0 aliphatic heterocycles. The fraction of sp³-hybridized carbons (Fsp3) is 0. The van der Waals surface area contributed by atoms with E-state index in [2.05, 4.69) is 10.2 Å². The Kier molecular flexibility index (Phi) is 0.773. The lowest BCUT2D eigenvalue weighted by molar-refractivity contribution is 0.597. The van der Waals surface area contributed by atoms with Crippen molar-refractivity contribution in [3.8, 4) is 0 Å². The van der Waals surface area contributed by atoms with E-state index in [-0.39, 0.29) is 0 Å². The van der Waals surface area contributed by atoms with E-state index in [9.17, 15) is 0 Å². The first kappa shape index (κ1) is 4.49. The van der Waals surface area contributed by atoms with E-state index >= 15 is 0 Å². The predicted molar refractivity (Wildman–Crippen MR) is 31.8 cm³/mol. The van der Waals surface area contributed by atoms with Crippen LogP contribution in [0.4, 0.5) is 0 Å². The Morgan fingerprint density at radius 1 is 1.33 bits per heavy atom. The molecule has 3 nitrogen and oxygen atoms in total. The lowest BCUT2D eigenvalue weighted by Gasteiger charge is -1.79. The van der Waals surface area contributed by atoms with E-state index in [0.717, 1.165) is 5.39 Å². The van der Waals surface area contributed by atoms with E-state index in [1.807, 2.05) is 12.1 Å². The average Bonchev–Trinajstić information content (AvgIpc) is 2.33. The molecule has 0 N–H and O–H groups in total. The van der Waals surface area contributed by atoms with Crippen molar-refractivity contribution in [2.24, 2.45) is 0 Å². The molecule has 0 unspecified atom stereocenters. The average molecular weight is 120 g/mol. The van der Waals surface area contributed by atoms with Crippen molar-refractivity contribution in [2.45, 2.75) is 0 Å². The van der Waals surface area contributed by atoms with Crippen LogP contribution in [-0.4, -0.2) is 10.2 Å². The maximum Gasteiger partial charge on any atom is 0.245 e. The summed E-state index contributed by atoms with van der Waals surface area (Å²) in [6.07, 6.45) is 3.23. The molecule has 0 spiro atoms. The van der Waals surface area contributed by atoms with Crippen LogP contribution >= 0.6 is 0 Å². The third-order valence-corrected chi connectivity index (χ3v) is 1.14. The number of hydrogen-bond acceptors (Lipinski definition) is 3. The number of aromatic nitrogens is 2. The maximum atomic E-state index is 4.94. The van der Waals surface area contributed by atoms with Crippen molar-refractivity contribution in [3.05, 3.63) is 24.6 Å². The molecule has 2 aromatic heterocycles. The van der Waals surface area contributed by atoms with Crippen LogP contribution in [0.25, 0.3) is 11.1 Å². The van der Waals surface area contributed by atoms with Crippen molar-refractivity contribution in [1.82, 2.24) is 10.2 Å². The monoisotopic (exact) mass is 120 g/mol. The van der Waals surface area contributed by atoms with Crippen molar-refractivity contribution in [3.63, 3.8) is 0 Å². The van der Waals surface area contributed by atoms with Gasteiger partial charge in [-0.2, -0.15) is 5.10 Å². The minimum atomic E-state index is 0.595. The summed E-state index contributed by atoms with van der Waals surface area (Å²) in [5.74, 6) is 0. The van der Waals surface area contributed by atoms with Gasteiger partial charge in [0.25, 0.3) is 0 Å². The largest absolute Gasteiger partial charge is 0.445 e. The fourth-order valence-electron chi connectivity index (χ4n) is 0.719. The summed E-state index contributed by atoms with van der Waals surface area (Å²) in [6.45, 7) is 0. The highest BCUT2D eigenvalue weighted by atomic mass is 16.3. The Morgan fingerprint density at radius 3 is 3.22 bits per heavy atom. The van der Waals surface area contributed by atoms with Gasteiger partial charge in [0.1, 0.15) is 0 Å². The minimum absolute atomic E-state index is 0.595. The zero-order valence-corrected chi connectivity index (χ0v) is 4.61. The summed E-state index contributed by atoms with van der Waals surface area (Å²) < 4.78 is 4.94. The molecule has 2 heterocycles. The Morgan fingerprint density at radius 2 is 2.33 bits per heavy atom. The predicted octanol–water partition coefficient (Wildman–Crippen LogP) is 1.22. The summed E-state index contributed by atoms with van der Waals surface area (Å²) in [5, 5.41) is 8.36. The van der Waals surface area contributed by atoms with Gasteiger partial charge in [0.05, 0.1) is 12.5 Å². The van der Waals surface area contributed by atoms with Crippen LogP contribution in [-0.2, 0) is 0 Å². The topological polar surface area (TPSA) is 38.9 Å². The zero-order valence-electron chi connectivity index (χ0n) is 4.61. The van der Waals surface area contributed by atoms with Gasteiger partial charge in [0.2, 0.25) is 5.71 Å². The van der Waals surface area contributed by atoms with Crippen LogP contribution in [0.2, 0.25) is 0 Å². The van der Waals surface area contributed by atoms with E-state index in [1.165, 1.54) is 0 Å². The molecule has 0 aliphatic carbocycles. The first-order valence-corrected chi connectivity index (χ1v) is 2.62. The van der Waals surface area contributed by atoms with Gasteiger partial charge in [-0.05, 0) is 12.1 Å². The Labute approximate surface area is 51.3 Å². The highest BCUT2D eigenvalue weighted by molar-refractivity contribution is 5.71. The molecular formula is C6H4N2O. The third kappa shape index (κ3) is 0.579. The second kappa shape index (κ2) is 1.55. The molecule has 44 valence electrons. The van der Waals surface area contributed by atoms with Crippen LogP contribution in [0.5, 0.6) is 0 Å². The van der Waals surface area contributed by atoms with Crippen molar-refractivity contribution in [1.29, 1.82) is 0 Å². The summed E-state index contributed by atoms with van der Waals surface area (Å²) >= 11 is 0. The number of furan rings is 1. The number of hydrogen-bond donors (Lipinski definition) is 0. The van der Waals surface area contributed by atoms with Crippen LogP contribution in [0, 0.1) is 0 Å². The van der Waals surface area contributed by atoms with E-state index < -0.39 is 0 Å². The molecule has 3 heteroatoms. The van der Waals surface area contributed by atoms with Gasteiger partial charge in [-0.15, -0.1) is 5.10 Å². The minimum Gasteiger partial charge on any atom is -0.445 e. The van der Waals surface area contributed by atoms with Crippen LogP contribution in [0.1, 0.15) is 0 Å². The molecule has 0 aromatic carbocycles. The number of nitrogens with zero attached hydrogens (tertiary/aromatic N) is 2. The molecule has 0 amide bonds. The summed E-state index contributed by atoms with van der Waals surface area (Å²) in [6, 6.07) is 3.70. The van der Waals surface area contributed by atoms with Crippen LogP contribution < -0.4 is 0 Å². The van der Waals surface area contributed by atoms with Gasteiger partial charge in [-0.1, -0.05) is 0 Å². The first-order chi connectivity index (χ1) is 4.47. The Hall–Kier alpha value is -1.38. The maximum absolute atomic E-state index is 4.94. The molecule has 0 saturated heterocycles. The van der Waals surface area contributed by atoms with Crippen molar-refractivity contribution in [2.75, 3.05) is 0 Å². The van der Waals surface area contributed by atoms with Gasteiger partial charge in [0, 0.05) is 5.39 Å². The first-order valence-electron chi connectivity index (χ1n) is 2.62. The van der Waals surface area contributed by atoms with Gasteiger partial charge < -0.3 is 4.42 Å². The second-order valence-electron chi connectivity index (χ2n) is 1.71. The highest BCUT2D eigenvalue weighted by Crippen LogP contribution is 2.08. The SMILES string of the molecule is c1cc2ccoc2nn1. The molecule has 9 heavy (non-hydrogen) atoms. The van der Waals surface area contributed by atoms with Crippen molar-refractivity contribution < 1.29 is 4.42 Å². The molecule has 0 atom stereocenters. The van der Waals surface area contributed by atoms with Gasteiger partial charge in [0.15, 0.2) is 0 Å². The molecule has 0 fully saturated rings. The van der Waals surface area contributed by atoms with Crippen molar-refractivity contribution >= 4 is 11.1 Å². The van der Waals surface area contributed by atoms with E-state index in [0.29, 0.717) is 5.71 Å². The fourth-order valence-corrected chi connectivity index (χ4v) is 0.719. The molecule has 2 rings (SSSR count). The Balaban J connectivity index is 2.95. The van der Waals surface area contributed by atoms with Gasteiger partial charge in [-0.3, -0.25) is 0 Å². The molecule has 0 radical (unpaired) electrons. The molecular weight excluding hydrogens is 116 g/mol. The standard InChI is InChI=1S/C6H4N2O/c1-3-7-8-6-5(1)2-4-9-6/h1-4H. The molecule has 0 aliphatic rings. The van der Waals surface area contributed by atoms with E-state index in [4.69, 9.17) is 4.42 Å². The zero-order chi connectivity index (χ0) is 6.10. The Bertz CT molecular complexity index is 285. The molecule has 0 saturated carbocycles.